The van der Waals surface area contributed by atoms with Gasteiger partial charge in [0.25, 0.3) is 5.91 Å². The number of rotatable bonds is 8. The number of carbonyl (C=O) groups is 1. The first-order chi connectivity index (χ1) is 13.0. The molecule has 0 aliphatic heterocycles. The summed E-state index contributed by atoms with van der Waals surface area (Å²) in [5, 5.41) is 9.61. The van der Waals surface area contributed by atoms with E-state index in [1.807, 2.05) is 36.4 Å². The molecule has 0 spiro atoms. The Morgan fingerprint density at radius 1 is 0.889 bits per heavy atom. The van der Waals surface area contributed by atoms with Crippen LogP contribution < -0.4 is 16.0 Å². The van der Waals surface area contributed by atoms with Crippen LogP contribution in [0.5, 0.6) is 0 Å². The molecule has 0 aliphatic carbocycles. The lowest BCUT2D eigenvalue weighted by molar-refractivity contribution is 0.0953. The maximum Gasteiger partial charge on any atom is 0.251 e. The van der Waals surface area contributed by atoms with Crippen LogP contribution in [0.3, 0.4) is 0 Å². The summed E-state index contributed by atoms with van der Waals surface area (Å²) in [6, 6.07) is 19.7. The summed E-state index contributed by atoms with van der Waals surface area (Å²) < 4.78 is 0. The van der Waals surface area contributed by atoms with Crippen LogP contribution in [0.15, 0.2) is 65.7 Å². The Hall–Kier alpha value is -2.82. The van der Waals surface area contributed by atoms with Crippen LogP contribution in [-0.2, 0) is 5.41 Å². The highest BCUT2D eigenvalue weighted by Gasteiger charge is 2.20. The van der Waals surface area contributed by atoms with Gasteiger partial charge in [-0.3, -0.25) is 9.79 Å². The van der Waals surface area contributed by atoms with Crippen molar-refractivity contribution in [2.45, 2.75) is 25.7 Å². The second-order valence-electron chi connectivity index (χ2n) is 7.08. The van der Waals surface area contributed by atoms with Crippen LogP contribution in [0.2, 0.25) is 0 Å². The van der Waals surface area contributed by atoms with Crippen molar-refractivity contribution >= 4 is 11.9 Å². The van der Waals surface area contributed by atoms with Crippen LogP contribution in [0.4, 0.5) is 0 Å². The van der Waals surface area contributed by atoms with Crippen LogP contribution in [0, 0.1) is 0 Å². The molecule has 0 saturated heterocycles. The Morgan fingerprint density at radius 3 is 2.11 bits per heavy atom. The minimum absolute atomic E-state index is 0.00252. The second-order valence-corrected chi connectivity index (χ2v) is 7.08. The highest BCUT2D eigenvalue weighted by Crippen LogP contribution is 2.21. The Labute approximate surface area is 162 Å². The highest BCUT2D eigenvalue weighted by molar-refractivity contribution is 5.94. The number of carbonyl (C=O) groups excluding carboxylic acids is 1. The number of benzene rings is 2. The van der Waals surface area contributed by atoms with Crippen LogP contribution >= 0.6 is 0 Å². The molecule has 0 aromatic heterocycles. The largest absolute Gasteiger partial charge is 0.356 e. The van der Waals surface area contributed by atoms with Gasteiger partial charge in [0.2, 0.25) is 0 Å². The lowest BCUT2D eigenvalue weighted by Gasteiger charge is -2.26. The zero-order valence-electron chi connectivity index (χ0n) is 16.5. The molecular weight excluding hydrogens is 336 g/mol. The van der Waals surface area contributed by atoms with Crippen molar-refractivity contribution in [1.29, 1.82) is 0 Å². The number of amides is 1. The third-order valence-electron chi connectivity index (χ3n) is 4.44. The van der Waals surface area contributed by atoms with Crippen molar-refractivity contribution in [3.8, 4) is 0 Å². The zero-order valence-corrected chi connectivity index (χ0v) is 16.5. The molecule has 5 heteroatoms. The molecule has 1 amide bonds. The first-order valence-electron chi connectivity index (χ1n) is 9.36. The van der Waals surface area contributed by atoms with E-state index in [-0.39, 0.29) is 11.3 Å². The van der Waals surface area contributed by atoms with Crippen molar-refractivity contribution in [3.05, 3.63) is 71.8 Å². The van der Waals surface area contributed by atoms with Gasteiger partial charge >= 0.3 is 0 Å². The molecule has 0 radical (unpaired) electrons. The fourth-order valence-corrected chi connectivity index (χ4v) is 2.71. The first kappa shape index (κ1) is 20.5. The molecule has 2 aromatic carbocycles. The van der Waals surface area contributed by atoms with E-state index in [1.165, 1.54) is 5.56 Å². The molecule has 0 fully saturated rings. The summed E-state index contributed by atoms with van der Waals surface area (Å²) in [7, 11) is 1.77. The second kappa shape index (κ2) is 10.4. The van der Waals surface area contributed by atoms with Gasteiger partial charge < -0.3 is 16.0 Å². The molecule has 2 aromatic rings. The van der Waals surface area contributed by atoms with Crippen molar-refractivity contribution in [3.63, 3.8) is 0 Å². The van der Waals surface area contributed by atoms with E-state index in [9.17, 15) is 4.79 Å². The molecule has 0 heterocycles. The maximum absolute atomic E-state index is 12.0. The van der Waals surface area contributed by atoms with Gasteiger partial charge in [-0.2, -0.15) is 0 Å². The summed E-state index contributed by atoms with van der Waals surface area (Å²) in [5.41, 5.74) is 1.98. The van der Waals surface area contributed by atoms with Gasteiger partial charge in [0.15, 0.2) is 5.96 Å². The Kier molecular flexibility index (Phi) is 7.86. The Morgan fingerprint density at radius 2 is 1.48 bits per heavy atom. The van der Waals surface area contributed by atoms with E-state index < -0.39 is 0 Å². The third-order valence-corrected chi connectivity index (χ3v) is 4.44. The summed E-state index contributed by atoms with van der Waals surface area (Å²) in [6.07, 6.45) is 0.821. The predicted molar refractivity (Wildman–Crippen MR) is 112 cm³/mol. The zero-order chi connectivity index (χ0) is 19.5. The standard InChI is InChI=1S/C22H30N4O/c1-22(2,19-13-8-5-9-14-19)17-26-21(23-3)25-16-10-15-24-20(27)18-11-6-4-7-12-18/h4-9,11-14H,10,15-17H2,1-3H3,(H,24,27)(H2,23,25,26). The fourth-order valence-electron chi connectivity index (χ4n) is 2.71. The van der Waals surface area contributed by atoms with Crippen molar-refractivity contribution in [1.82, 2.24) is 16.0 Å². The van der Waals surface area contributed by atoms with E-state index >= 15 is 0 Å². The first-order valence-corrected chi connectivity index (χ1v) is 9.36. The number of nitrogens with zero attached hydrogens (tertiary/aromatic N) is 1. The topological polar surface area (TPSA) is 65.5 Å². The quantitative estimate of drug-likeness (QED) is 0.382. The average Bonchev–Trinajstić information content (AvgIpc) is 2.71. The molecule has 0 unspecified atom stereocenters. The number of guanidine groups is 1. The van der Waals surface area contributed by atoms with Gasteiger partial charge in [0.1, 0.15) is 0 Å². The summed E-state index contributed by atoms with van der Waals surface area (Å²) in [6.45, 7) is 6.55. The van der Waals surface area contributed by atoms with E-state index in [4.69, 9.17) is 0 Å². The van der Waals surface area contributed by atoms with Crippen molar-refractivity contribution in [2.75, 3.05) is 26.7 Å². The van der Waals surface area contributed by atoms with Gasteiger partial charge in [-0.25, -0.2) is 0 Å². The van der Waals surface area contributed by atoms with E-state index in [1.54, 1.807) is 7.05 Å². The van der Waals surface area contributed by atoms with E-state index in [0.717, 1.165) is 25.5 Å². The SMILES string of the molecule is CN=C(NCCCNC(=O)c1ccccc1)NCC(C)(C)c1ccccc1. The number of aliphatic imine (C=N–C) groups is 1. The van der Waals surface area contributed by atoms with Crippen LogP contribution in [0.1, 0.15) is 36.2 Å². The molecule has 3 N–H and O–H groups in total. The molecular formula is C22H30N4O. The smallest absolute Gasteiger partial charge is 0.251 e. The summed E-state index contributed by atoms with van der Waals surface area (Å²) in [5.74, 6) is 0.733. The number of nitrogens with one attached hydrogen (secondary N) is 3. The average molecular weight is 367 g/mol. The molecule has 27 heavy (non-hydrogen) atoms. The summed E-state index contributed by atoms with van der Waals surface area (Å²) >= 11 is 0. The molecule has 0 saturated carbocycles. The van der Waals surface area contributed by atoms with Crippen LogP contribution in [-0.4, -0.2) is 38.5 Å². The van der Waals surface area contributed by atoms with Crippen molar-refractivity contribution in [2.24, 2.45) is 4.99 Å². The molecule has 0 bridgehead atoms. The molecule has 0 atom stereocenters. The maximum atomic E-state index is 12.0. The van der Waals surface area contributed by atoms with Gasteiger partial charge in [-0.15, -0.1) is 0 Å². The highest BCUT2D eigenvalue weighted by atomic mass is 16.1. The predicted octanol–water partition coefficient (Wildman–Crippen LogP) is 2.95. The number of hydrogen-bond acceptors (Lipinski definition) is 2. The van der Waals surface area contributed by atoms with E-state index in [0.29, 0.717) is 12.1 Å². The summed E-state index contributed by atoms with van der Waals surface area (Å²) in [4.78, 5) is 16.3. The van der Waals surface area contributed by atoms with Gasteiger partial charge in [-0.05, 0) is 24.1 Å². The molecule has 144 valence electrons. The molecule has 2 rings (SSSR count). The normalized spacial score (nSPS) is 11.7. The van der Waals surface area contributed by atoms with Crippen LogP contribution in [0.25, 0.3) is 0 Å². The Balaban J connectivity index is 1.68. The Bertz CT molecular complexity index is 726. The van der Waals surface area contributed by atoms with Gasteiger partial charge in [-0.1, -0.05) is 62.4 Å². The molecule has 5 nitrogen and oxygen atoms in total. The van der Waals surface area contributed by atoms with E-state index in [2.05, 4.69) is 59.1 Å². The monoisotopic (exact) mass is 366 g/mol. The molecule has 0 aliphatic rings. The fraction of sp³-hybridized carbons (Fsp3) is 0.364. The van der Waals surface area contributed by atoms with Crippen molar-refractivity contribution < 1.29 is 4.79 Å². The minimum Gasteiger partial charge on any atom is -0.356 e. The minimum atomic E-state index is -0.0392. The van der Waals surface area contributed by atoms with Gasteiger partial charge in [0.05, 0.1) is 0 Å². The lowest BCUT2D eigenvalue weighted by atomic mass is 9.85. The lowest BCUT2D eigenvalue weighted by Crippen LogP contribution is -2.44. The third kappa shape index (κ3) is 6.77. The number of hydrogen-bond donors (Lipinski definition) is 3. The van der Waals surface area contributed by atoms with Gasteiger partial charge in [0, 0.05) is 37.7 Å².